The maximum atomic E-state index is 12.2. The number of benzene rings is 1. The third-order valence-corrected chi connectivity index (χ3v) is 5.17. The van der Waals surface area contributed by atoms with Gasteiger partial charge >= 0.3 is 5.69 Å². The van der Waals surface area contributed by atoms with E-state index in [0.29, 0.717) is 6.54 Å². The lowest BCUT2D eigenvalue weighted by Gasteiger charge is -2.37. The van der Waals surface area contributed by atoms with E-state index < -0.39 is 0 Å². The molecule has 0 radical (unpaired) electrons. The summed E-state index contributed by atoms with van der Waals surface area (Å²) in [5.74, 6) is 0. The van der Waals surface area contributed by atoms with Gasteiger partial charge in [-0.3, -0.25) is 4.57 Å². The molecule has 1 aliphatic carbocycles. The number of hydrogen-bond acceptors (Lipinski definition) is 2. The van der Waals surface area contributed by atoms with Crippen LogP contribution in [0, 0.1) is 6.92 Å². The number of aryl methyl sites for hydroxylation is 2. The van der Waals surface area contributed by atoms with Crippen LogP contribution in [0.5, 0.6) is 0 Å². The molecule has 0 bridgehead atoms. The van der Waals surface area contributed by atoms with Gasteiger partial charge in [0.2, 0.25) is 0 Å². The fourth-order valence-electron chi connectivity index (χ4n) is 3.82. The van der Waals surface area contributed by atoms with Gasteiger partial charge in [-0.05, 0) is 37.5 Å². The van der Waals surface area contributed by atoms with Crippen LogP contribution in [0.25, 0.3) is 5.69 Å². The lowest BCUT2D eigenvalue weighted by atomic mass is 9.69. The fraction of sp³-hybridized carbons (Fsp3) is 0.500. The van der Waals surface area contributed by atoms with E-state index >= 15 is 0 Å². The van der Waals surface area contributed by atoms with Gasteiger partial charge in [-0.1, -0.05) is 31.4 Å². The number of rotatable bonds is 3. The molecule has 1 heterocycles. The molecule has 0 saturated heterocycles. The highest BCUT2D eigenvalue weighted by Gasteiger charge is 2.32. The Balaban J connectivity index is 1.97. The van der Waals surface area contributed by atoms with Gasteiger partial charge < -0.3 is 10.3 Å². The van der Waals surface area contributed by atoms with E-state index in [0.717, 1.165) is 11.4 Å². The highest BCUT2D eigenvalue weighted by Crippen LogP contribution is 2.38. The SMILES string of the molecule is Cc1cn(C)c(=O)n1-c1ccc(C2(CN)CCCCC2)cc1. The molecule has 1 aliphatic rings. The van der Waals surface area contributed by atoms with E-state index in [1.165, 1.54) is 37.7 Å². The van der Waals surface area contributed by atoms with Crippen molar-refractivity contribution in [1.82, 2.24) is 9.13 Å². The van der Waals surface area contributed by atoms with Gasteiger partial charge in [0.25, 0.3) is 0 Å². The van der Waals surface area contributed by atoms with Gasteiger partial charge in [-0.15, -0.1) is 0 Å². The number of nitrogens with two attached hydrogens (primary N) is 1. The first-order valence-corrected chi connectivity index (χ1v) is 8.13. The molecule has 1 saturated carbocycles. The van der Waals surface area contributed by atoms with E-state index in [2.05, 4.69) is 24.3 Å². The molecule has 3 rings (SSSR count). The van der Waals surface area contributed by atoms with E-state index in [1.807, 2.05) is 13.1 Å². The zero-order chi connectivity index (χ0) is 15.7. The Bertz CT molecular complexity index is 703. The normalized spacial score (nSPS) is 17.6. The average molecular weight is 299 g/mol. The monoisotopic (exact) mass is 299 g/mol. The van der Waals surface area contributed by atoms with Crippen LogP contribution in [0.4, 0.5) is 0 Å². The van der Waals surface area contributed by atoms with Crippen LogP contribution in [0.1, 0.15) is 43.4 Å². The first kappa shape index (κ1) is 15.1. The summed E-state index contributed by atoms with van der Waals surface area (Å²) in [5, 5.41) is 0. The van der Waals surface area contributed by atoms with E-state index in [1.54, 1.807) is 16.2 Å². The molecule has 4 nitrogen and oxygen atoms in total. The quantitative estimate of drug-likeness (QED) is 0.947. The van der Waals surface area contributed by atoms with Gasteiger partial charge in [-0.2, -0.15) is 0 Å². The summed E-state index contributed by atoms with van der Waals surface area (Å²) in [6, 6.07) is 8.42. The van der Waals surface area contributed by atoms with Crippen molar-refractivity contribution in [2.75, 3.05) is 6.54 Å². The van der Waals surface area contributed by atoms with Crippen LogP contribution in [0.2, 0.25) is 0 Å². The topological polar surface area (TPSA) is 53.0 Å². The summed E-state index contributed by atoms with van der Waals surface area (Å²) in [4.78, 5) is 12.2. The minimum absolute atomic E-state index is 0.00328. The predicted octanol–water partition coefficient (Wildman–Crippen LogP) is 2.65. The largest absolute Gasteiger partial charge is 0.332 e. The second-order valence-corrected chi connectivity index (χ2v) is 6.59. The van der Waals surface area contributed by atoms with Gasteiger partial charge in [0, 0.05) is 30.9 Å². The predicted molar refractivity (Wildman–Crippen MR) is 89.6 cm³/mol. The second kappa shape index (κ2) is 5.76. The smallest absolute Gasteiger partial charge is 0.330 e. The van der Waals surface area contributed by atoms with Crippen molar-refractivity contribution in [1.29, 1.82) is 0 Å². The van der Waals surface area contributed by atoms with Gasteiger partial charge in [0.1, 0.15) is 0 Å². The van der Waals surface area contributed by atoms with E-state index in [9.17, 15) is 4.79 Å². The summed E-state index contributed by atoms with van der Waals surface area (Å²) in [7, 11) is 1.78. The Kier molecular flexibility index (Phi) is 3.96. The van der Waals surface area contributed by atoms with Gasteiger partial charge in [-0.25, -0.2) is 4.79 Å². The molecule has 2 N–H and O–H groups in total. The molecule has 0 spiro atoms. The first-order chi connectivity index (χ1) is 10.6. The average Bonchev–Trinajstić information content (AvgIpc) is 2.81. The molecular weight excluding hydrogens is 274 g/mol. The zero-order valence-corrected chi connectivity index (χ0v) is 13.5. The standard InChI is InChI=1S/C18H25N3O/c1-14-12-20(2)17(22)21(14)16-8-6-15(7-9-16)18(13-19)10-4-3-5-11-18/h6-9,12H,3-5,10-11,13,19H2,1-2H3. The van der Waals surface area contributed by atoms with Gasteiger partial charge in [0.05, 0.1) is 5.69 Å². The highest BCUT2D eigenvalue weighted by molar-refractivity contribution is 5.39. The van der Waals surface area contributed by atoms with Crippen LogP contribution in [0.15, 0.2) is 35.3 Å². The van der Waals surface area contributed by atoms with E-state index in [4.69, 9.17) is 5.73 Å². The highest BCUT2D eigenvalue weighted by atomic mass is 16.1. The van der Waals surface area contributed by atoms with Crippen molar-refractivity contribution in [2.45, 2.75) is 44.4 Å². The van der Waals surface area contributed by atoms with Crippen LogP contribution >= 0.6 is 0 Å². The summed E-state index contributed by atoms with van der Waals surface area (Å²) in [5.41, 5.74) is 9.44. The van der Waals surface area contributed by atoms with Crippen molar-refractivity contribution in [3.05, 3.63) is 52.2 Å². The Labute approximate surface area is 131 Å². The summed E-state index contributed by atoms with van der Waals surface area (Å²) in [6.45, 7) is 2.66. The summed E-state index contributed by atoms with van der Waals surface area (Å²) < 4.78 is 3.37. The first-order valence-electron chi connectivity index (χ1n) is 8.13. The molecule has 0 amide bonds. The minimum atomic E-state index is -0.00328. The second-order valence-electron chi connectivity index (χ2n) is 6.59. The lowest BCUT2D eigenvalue weighted by Crippen LogP contribution is -2.37. The third-order valence-electron chi connectivity index (χ3n) is 5.17. The number of hydrogen-bond donors (Lipinski definition) is 1. The molecule has 22 heavy (non-hydrogen) atoms. The lowest BCUT2D eigenvalue weighted by molar-refractivity contribution is 0.301. The molecule has 1 fully saturated rings. The van der Waals surface area contributed by atoms with Crippen molar-refractivity contribution < 1.29 is 0 Å². The maximum absolute atomic E-state index is 12.2. The molecule has 2 aromatic rings. The number of aromatic nitrogens is 2. The van der Waals surface area contributed by atoms with Crippen LogP contribution in [-0.4, -0.2) is 15.7 Å². The van der Waals surface area contributed by atoms with Crippen molar-refractivity contribution >= 4 is 0 Å². The molecule has 1 aromatic heterocycles. The number of imidazole rings is 1. The molecule has 4 heteroatoms. The zero-order valence-electron chi connectivity index (χ0n) is 13.5. The van der Waals surface area contributed by atoms with Crippen molar-refractivity contribution in [3.63, 3.8) is 0 Å². The maximum Gasteiger partial charge on any atom is 0.332 e. The summed E-state index contributed by atoms with van der Waals surface area (Å²) in [6.07, 6.45) is 8.05. The molecule has 0 atom stereocenters. The Morgan fingerprint density at radius 2 is 1.77 bits per heavy atom. The minimum Gasteiger partial charge on any atom is -0.330 e. The Morgan fingerprint density at radius 1 is 1.14 bits per heavy atom. The van der Waals surface area contributed by atoms with Crippen LogP contribution in [0.3, 0.4) is 0 Å². The molecule has 0 aliphatic heterocycles. The molecule has 1 aromatic carbocycles. The van der Waals surface area contributed by atoms with Crippen LogP contribution in [-0.2, 0) is 12.5 Å². The van der Waals surface area contributed by atoms with Crippen molar-refractivity contribution in [3.8, 4) is 5.69 Å². The van der Waals surface area contributed by atoms with E-state index in [-0.39, 0.29) is 11.1 Å². The molecule has 0 unspecified atom stereocenters. The molecular formula is C18H25N3O. The Hall–Kier alpha value is -1.81. The van der Waals surface area contributed by atoms with Crippen LogP contribution < -0.4 is 11.4 Å². The fourth-order valence-corrected chi connectivity index (χ4v) is 3.82. The Morgan fingerprint density at radius 3 is 2.27 bits per heavy atom. The van der Waals surface area contributed by atoms with Crippen molar-refractivity contribution in [2.24, 2.45) is 12.8 Å². The third kappa shape index (κ3) is 2.41. The molecule has 118 valence electrons. The van der Waals surface area contributed by atoms with Gasteiger partial charge in [0.15, 0.2) is 0 Å². The summed E-state index contributed by atoms with van der Waals surface area (Å²) >= 11 is 0. The number of nitrogens with zero attached hydrogens (tertiary/aromatic N) is 2.